The second-order valence-electron chi connectivity index (χ2n) is 7.78. The quantitative estimate of drug-likeness (QED) is 0.856. The summed E-state index contributed by atoms with van der Waals surface area (Å²) in [6.45, 7) is 8.16. The first-order valence-corrected chi connectivity index (χ1v) is 10.0. The molecule has 1 heterocycles. The van der Waals surface area contributed by atoms with Crippen LogP contribution < -0.4 is 4.90 Å². The molecule has 1 N–H and O–H groups in total. The lowest BCUT2D eigenvalue weighted by atomic mass is 9.93. The molecule has 2 aliphatic rings. The van der Waals surface area contributed by atoms with Gasteiger partial charge in [-0.1, -0.05) is 37.5 Å². The summed E-state index contributed by atoms with van der Waals surface area (Å²) < 4.78 is 5.91. The summed E-state index contributed by atoms with van der Waals surface area (Å²) in [7, 11) is 0. The van der Waals surface area contributed by atoms with Crippen molar-refractivity contribution >= 4 is 5.69 Å². The Hall–Kier alpha value is -1.10. The zero-order valence-corrected chi connectivity index (χ0v) is 15.9. The second kappa shape index (κ2) is 9.02. The van der Waals surface area contributed by atoms with E-state index in [1.807, 2.05) is 0 Å². The average Bonchev–Trinajstić information content (AvgIpc) is 2.62. The largest absolute Gasteiger partial charge is 0.395 e. The van der Waals surface area contributed by atoms with Crippen LogP contribution in [0.25, 0.3) is 0 Å². The molecule has 0 aromatic heterocycles. The summed E-state index contributed by atoms with van der Waals surface area (Å²) in [6, 6.07) is 9.41. The van der Waals surface area contributed by atoms with Crippen LogP contribution in [0.4, 0.5) is 5.69 Å². The lowest BCUT2D eigenvalue weighted by Gasteiger charge is -2.39. The Labute approximate surface area is 152 Å². The average molecular weight is 347 g/mol. The van der Waals surface area contributed by atoms with Gasteiger partial charge in [-0.25, -0.2) is 0 Å². The van der Waals surface area contributed by atoms with E-state index in [0.717, 1.165) is 26.2 Å². The van der Waals surface area contributed by atoms with E-state index in [-0.39, 0.29) is 18.8 Å². The normalized spacial score (nSPS) is 25.5. The summed E-state index contributed by atoms with van der Waals surface area (Å²) in [5.74, 6) is 0. The number of hydrogen-bond donors (Lipinski definition) is 1. The van der Waals surface area contributed by atoms with Crippen molar-refractivity contribution in [3.63, 3.8) is 0 Å². The minimum absolute atomic E-state index is 0.240. The van der Waals surface area contributed by atoms with Crippen LogP contribution in [0, 0.1) is 0 Å². The van der Waals surface area contributed by atoms with Crippen LogP contribution in [0.5, 0.6) is 0 Å². The van der Waals surface area contributed by atoms with Gasteiger partial charge < -0.3 is 14.7 Å². The molecule has 1 aliphatic carbocycles. The molecule has 4 heteroatoms. The first-order valence-electron chi connectivity index (χ1n) is 10.0. The predicted molar refractivity (Wildman–Crippen MR) is 103 cm³/mol. The number of morpholine rings is 1. The van der Waals surface area contributed by atoms with Gasteiger partial charge in [0.2, 0.25) is 0 Å². The fraction of sp³-hybridized carbons (Fsp3) is 0.714. The molecule has 0 bridgehead atoms. The van der Waals surface area contributed by atoms with Crippen molar-refractivity contribution in [2.24, 2.45) is 0 Å². The van der Waals surface area contributed by atoms with Gasteiger partial charge in [0.05, 0.1) is 18.8 Å². The van der Waals surface area contributed by atoms with Crippen molar-refractivity contribution in [2.45, 2.75) is 70.7 Å². The van der Waals surface area contributed by atoms with E-state index >= 15 is 0 Å². The van der Waals surface area contributed by atoms with E-state index in [4.69, 9.17) is 4.74 Å². The van der Waals surface area contributed by atoms with Gasteiger partial charge in [0.1, 0.15) is 0 Å². The van der Waals surface area contributed by atoms with E-state index in [2.05, 4.69) is 47.9 Å². The highest BCUT2D eigenvalue weighted by molar-refractivity contribution is 5.54. The number of anilines is 1. The number of nitrogens with zero attached hydrogens (tertiary/aromatic N) is 2. The van der Waals surface area contributed by atoms with Gasteiger partial charge in [-0.05, 0) is 38.3 Å². The zero-order valence-electron chi connectivity index (χ0n) is 15.9. The fourth-order valence-corrected chi connectivity index (χ4v) is 4.51. The van der Waals surface area contributed by atoms with Crippen LogP contribution in [0.2, 0.25) is 0 Å². The summed E-state index contributed by atoms with van der Waals surface area (Å²) in [6.07, 6.45) is 7.09. The molecule has 1 aromatic rings. The molecule has 2 atom stereocenters. The number of aliphatic hydroxyl groups excluding tert-OH is 1. The number of benzene rings is 1. The van der Waals surface area contributed by atoms with Crippen LogP contribution in [-0.2, 0) is 11.3 Å². The molecule has 0 radical (unpaired) electrons. The topological polar surface area (TPSA) is 35.9 Å². The summed E-state index contributed by atoms with van der Waals surface area (Å²) in [5, 5.41) is 9.56. The minimum atomic E-state index is 0.240. The van der Waals surface area contributed by atoms with Gasteiger partial charge in [0.25, 0.3) is 0 Å². The Balaban J connectivity index is 1.76. The van der Waals surface area contributed by atoms with Crippen molar-refractivity contribution in [3.05, 3.63) is 29.8 Å². The maximum absolute atomic E-state index is 9.56. The third-order valence-electron chi connectivity index (χ3n) is 5.60. The number of para-hydroxylation sites is 1. The van der Waals surface area contributed by atoms with Gasteiger partial charge in [-0.3, -0.25) is 4.90 Å². The summed E-state index contributed by atoms with van der Waals surface area (Å²) in [5.41, 5.74) is 2.71. The first kappa shape index (κ1) is 18.7. The number of ether oxygens (including phenoxy) is 1. The Bertz CT molecular complexity index is 520. The van der Waals surface area contributed by atoms with E-state index in [1.54, 1.807) is 0 Å². The van der Waals surface area contributed by atoms with Gasteiger partial charge in [-0.15, -0.1) is 0 Å². The van der Waals surface area contributed by atoms with Crippen LogP contribution in [0.15, 0.2) is 24.3 Å². The third kappa shape index (κ3) is 4.96. The van der Waals surface area contributed by atoms with Crippen molar-refractivity contribution in [1.29, 1.82) is 0 Å². The van der Waals surface area contributed by atoms with Crippen LogP contribution in [0.3, 0.4) is 0 Å². The van der Waals surface area contributed by atoms with Gasteiger partial charge in [0, 0.05) is 37.9 Å². The summed E-state index contributed by atoms with van der Waals surface area (Å²) >= 11 is 0. The minimum Gasteiger partial charge on any atom is -0.395 e. The van der Waals surface area contributed by atoms with Crippen molar-refractivity contribution in [1.82, 2.24) is 4.90 Å². The summed E-state index contributed by atoms with van der Waals surface area (Å²) in [4.78, 5) is 4.98. The molecular weight excluding hydrogens is 312 g/mol. The van der Waals surface area contributed by atoms with Crippen molar-refractivity contribution < 1.29 is 9.84 Å². The molecule has 1 saturated carbocycles. The molecule has 2 fully saturated rings. The van der Waals surface area contributed by atoms with E-state index < -0.39 is 0 Å². The molecule has 4 nitrogen and oxygen atoms in total. The maximum atomic E-state index is 9.56. The molecule has 1 aliphatic heterocycles. The molecule has 3 rings (SSSR count). The van der Waals surface area contributed by atoms with Crippen LogP contribution in [0.1, 0.15) is 51.5 Å². The highest BCUT2D eigenvalue weighted by atomic mass is 16.5. The Kier molecular flexibility index (Phi) is 6.74. The molecule has 1 saturated heterocycles. The molecule has 2 unspecified atom stereocenters. The maximum Gasteiger partial charge on any atom is 0.0726 e. The highest BCUT2D eigenvalue weighted by Gasteiger charge is 2.26. The first-order chi connectivity index (χ1) is 12.2. The highest BCUT2D eigenvalue weighted by Crippen LogP contribution is 2.29. The Morgan fingerprint density at radius 3 is 2.44 bits per heavy atom. The van der Waals surface area contributed by atoms with Crippen LogP contribution >= 0.6 is 0 Å². The molecule has 0 spiro atoms. The monoisotopic (exact) mass is 346 g/mol. The lowest BCUT2D eigenvalue weighted by Crippen LogP contribution is -2.46. The number of hydrogen-bond acceptors (Lipinski definition) is 4. The van der Waals surface area contributed by atoms with Crippen LogP contribution in [-0.4, -0.2) is 54.5 Å². The second-order valence-corrected chi connectivity index (χ2v) is 7.78. The fourth-order valence-electron chi connectivity index (χ4n) is 4.51. The third-order valence-corrected chi connectivity index (χ3v) is 5.60. The Morgan fingerprint density at radius 2 is 1.76 bits per heavy atom. The van der Waals surface area contributed by atoms with Gasteiger partial charge in [-0.2, -0.15) is 0 Å². The molecule has 1 aromatic carbocycles. The molecule has 25 heavy (non-hydrogen) atoms. The number of aliphatic hydroxyl groups is 1. The van der Waals surface area contributed by atoms with E-state index in [1.165, 1.54) is 43.4 Å². The molecular formula is C21H34N2O2. The van der Waals surface area contributed by atoms with E-state index in [0.29, 0.717) is 6.04 Å². The molecule has 140 valence electrons. The van der Waals surface area contributed by atoms with Gasteiger partial charge >= 0.3 is 0 Å². The predicted octanol–water partition coefficient (Wildman–Crippen LogP) is 3.43. The SMILES string of the molecule is CC1CN(c2ccccc2CN(CCO)C2CCCCC2)CC(C)O1. The smallest absolute Gasteiger partial charge is 0.0726 e. The standard InChI is InChI=1S/C21H34N2O2/c1-17-14-23(15-18(2)25-17)21-11-7-6-8-19(21)16-22(12-13-24)20-9-4-3-5-10-20/h6-8,11,17-18,20,24H,3-5,9-10,12-16H2,1-2H3. The number of rotatable bonds is 6. The lowest BCUT2D eigenvalue weighted by molar-refractivity contribution is -0.00531. The Morgan fingerprint density at radius 1 is 1.08 bits per heavy atom. The molecule has 0 amide bonds. The zero-order chi connectivity index (χ0) is 17.6. The van der Waals surface area contributed by atoms with E-state index in [9.17, 15) is 5.11 Å². The van der Waals surface area contributed by atoms with Crippen molar-refractivity contribution in [3.8, 4) is 0 Å². The van der Waals surface area contributed by atoms with Gasteiger partial charge in [0.15, 0.2) is 0 Å². The van der Waals surface area contributed by atoms with Crippen molar-refractivity contribution in [2.75, 3.05) is 31.1 Å².